The van der Waals surface area contributed by atoms with Crippen LogP contribution >= 0.6 is 0 Å². The SMILES string of the molecule is Cc1nccn1CCn1cnc(-c2ccccc2)c1-c1cc2ccccc2o1. The van der Waals surface area contributed by atoms with Crippen molar-refractivity contribution in [1.29, 1.82) is 0 Å². The van der Waals surface area contributed by atoms with Crippen molar-refractivity contribution < 1.29 is 4.42 Å². The van der Waals surface area contributed by atoms with Crippen molar-refractivity contribution in [2.75, 3.05) is 0 Å². The Kier molecular flexibility index (Phi) is 4.05. The molecule has 0 unspecified atom stereocenters. The smallest absolute Gasteiger partial charge is 0.154 e. The first kappa shape index (κ1) is 16.6. The highest BCUT2D eigenvalue weighted by Crippen LogP contribution is 2.34. The first-order valence-corrected chi connectivity index (χ1v) is 9.37. The van der Waals surface area contributed by atoms with Crippen molar-refractivity contribution in [2.45, 2.75) is 20.0 Å². The number of imidazole rings is 2. The molecule has 3 aromatic heterocycles. The molecule has 0 fully saturated rings. The van der Waals surface area contributed by atoms with Gasteiger partial charge in [0.2, 0.25) is 0 Å². The molecule has 5 aromatic rings. The quantitative estimate of drug-likeness (QED) is 0.430. The standard InChI is InChI=1S/C23H20N4O/c1-17-24-11-12-26(17)13-14-27-16-25-22(18-7-3-2-4-8-18)23(27)21-15-19-9-5-6-10-20(19)28-21/h2-12,15-16H,13-14H2,1H3. The van der Waals surface area contributed by atoms with Gasteiger partial charge in [-0.3, -0.25) is 0 Å². The molecule has 5 heteroatoms. The molecule has 0 saturated heterocycles. The highest BCUT2D eigenvalue weighted by atomic mass is 16.3. The average molecular weight is 368 g/mol. The molecule has 0 amide bonds. The number of benzene rings is 2. The number of para-hydroxylation sites is 1. The second-order valence-corrected chi connectivity index (χ2v) is 6.82. The Morgan fingerprint density at radius 1 is 0.893 bits per heavy atom. The van der Waals surface area contributed by atoms with Crippen molar-refractivity contribution in [1.82, 2.24) is 19.1 Å². The van der Waals surface area contributed by atoms with Crippen molar-refractivity contribution in [3.63, 3.8) is 0 Å². The van der Waals surface area contributed by atoms with Gasteiger partial charge in [-0.15, -0.1) is 0 Å². The van der Waals surface area contributed by atoms with E-state index in [0.717, 1.165) is 52.6 Å². The van der Waals surface area contributed by atoms with Crippen LogP contribution in [0.4, 0.5) is 0 Å². The number of hydrogen-bond donors (Lipinski definition) is 0. The van der Waals surface area contributed by atoms with Crippen LogP contribution in [0.2, 0.25) is 0 Å². The molecule has 0 aliphatic carbocycles. The monoisotopic (exact) mass is 368 g/mol. The summed E-state index contributed by atoms with van der Waals surface area (Å²) in [5, 5.41) is 1.09. The van der Waals surface area contributed by atoms with Crippen LogP contribution in [0.3, 0.4) is 0 Å². The first-order valence-electron chi connectivity index (χ1n) is 9.37. The van der Waals surface area contributed by atoms with E-state index in [1.165, 1.54) is 0 Å². The number of aryl methyl sites for hydroxylation is 3. The van der Waals surface area contributed by atoms with E-state index in [9.17, 15) is 0 Å². The van der Waals surface area contributed by atoms with E-state index in [1.54, 1.807) is 0 Å². The lowest BCUT2D eigenvalue weighted by molar-refractivity contribution is 0.560. The van der Waals surface area contributed by atoms with Crippen molar-refractivity contribution in [2.24, 2.45) is 0 Å². The molecule has 0 bridgehead atoms. The summed E-state index contributed by atoms with van der Waals surface area (Å²) in [4.78, 5) is 9.04. The molecule has 3 heterocycles. The lowest BCUT2D eigenvalue weighted by Gasteiger charge is -2.10. The predicted molar refractivity (Wildman–Crippen MR) is 110 cm³/mol. The van der Waals surface area contributed by atoms with E-state index in [0.29, 0.717) is 0 Å². The van der Waals surface area contributed by atoms with Crippen LogP contribution in [0.5, 0.6) is 0 Å². The van der Waals surface area contributed by atoms with Gasteiger partial charge in [0.25, 0.3) is 0 Å². The number of aromatic nitrogens is 4. The number of hydrogen-bond acceptors (Lipinski definition) is 3. The molecule has 0 radical (unpaired) electrons. The fourth-order valence-corrected chi connectivity index (χ4v) is 3.57. The summed E-state index contributed by atoms with van der Waals surface area (Å²) in [5.41, 5.74) is 3.90. The third-order valence-corrected chi connectivity index (χ3v) is 5.05. The molecule has 0 atom stereocenters. The van der Waals surface area contributed by atoms with Gasteiger partial charge in [0.05, 0.1) is 12.0 Å². The largest absolute Gasteiger partial charge is 0.454 e. The number of fused-ring (bicyclic) bond motifs is 1. The summed E-state index contributed by atoms with van der Waals surface area (Å²) >= 11 is 0. The van der Waals surface area contributed by atoms with E-state index in [1.807, 2.05) is 62.0 Å². The Morgan fingerprint density at radius 3 is 2.46 bits per heavy atom. The maximum Gasteiger partial charge on any atom is 0.154 e. The van der Waals surface area contributed by atoms with Gasteiger partial charge in [-0.25, -0.2) is 9.97 Å². The van der Waals surface area contributed by atoms with Gasteiger partial charge < -0.3 is 13.6 Å². The average Bonchev–Trinajstić information content (AvgIpc) is 3.44. The molecular weight excluding hydrogens is 348 g/mol. The van der Waals surface area contributed by atoms with Crippen LogP contribution in [0.1, 0.15) is 5.82 Å². The minimum absolute atomic E-state index is 0.781. The molecule has 28 heavy (non-hydrogen) atoms. The lowest BCUT2D eigenvalue weighted by Crippen LogP contribution is -2.08. The predicted octanol–water partition coefficient (Wildman–Crippen LogP) is 5.17. The Bertz CT molecular complexity index is 1200. The van der Waals surface area contributed by atoms with Gasteiger partial charge in [-0.2, -0.15) is 0 Å². The van der Waals surface area contributed by atoms with Crippen molar-refractivity contribution in [3.05, 3.63) is 85.2 Å². The molecule has 0 spiro atoms. The minimum Gasteiger partial charge on any atom is -0.454 e. The van der Waals surface area contributed by atoms with Crippen LogP contribution in [0, 0.1) is 6.92 Å². The van der Waals surface area contributed by atoms with Gasteiger partial charge >= 0.3 is 0 Å². The highest BCUT2D eigenvalue weighted by molar-refractivity contribution is 5.85. The van der Waals surface area contributed by atoms with Crippen LogP contribution in [0.15, 0.2) is 83.8 Å². The normalized spacial score (nSPS) is 11.3. The highest BCUT2D eigenvalue weighted by Gasteiger charge is 2.18. The van der Waals surface area contributed by atoms with Crippen molar-refractivity contribution in [3.8, 4) is 22.7 Å². The maximum absolute atomic E-state index is 6.20. The maximum atomic E-state index is 6.20. The van der Waals surface area contributed by atoms with Crippen LogP contribution in [0.25, 0.3) is 33.7 Å². The molecule has 0 N–H and O–H groups in total. The van der Waals surface area contributed by atoms with Gasteiger partial charge in [0, 0.05) is 36.4 Å². The number of rotatable bonds is 5. The molecule has 0 saturated carbocycles. The second-order valence-electron chi connectivity index (χ2n) is 6.82. The Balaban J connectivity index is 1.61. The van der Waals surface area contributed by atoms with Crippen LogP contribution in [-0.4, -0.2) is 19.1 Å². The topological polar surface area (TPSA) is 48.8 Å². The van der Waals surface area contributed by atoms with Crippen LogP contribution in [-0.2, 0) is 13.1 Å². The number of nitrogens with zero attached hydrogens (tertiary/aromatic N) is 4. The molecule has 5 rings (SSSR count). The van der Waals surface area contributed by atoms with Gasteiger partial charge in [-0.05, 0) is 19.1 Å². The molecule has 0 aliphatic heterocycles. The molecule has 138 valence electrons. The Labute approximate surface area is 162 Å². The third-order valence-electron chi connectivity index (χ3n) is 5.05. The second kappa shape index (κ2) is 6.85. The number of furan rings is 1. The fourth-order valence-electron chi connectivity index (χ4n) is 3.57. The van der Waals surface area contributed by atoms with E-state index in [4.69, 9.17) is 9.40 Å². The Hall–Kier alpha value is -3.60. The zero-order chi connectivity index (χ0) is 18.9. The summed E-state index contributed by atoms with van der Waals surface area (Å²) in [6, 6.07) is 20.4. The molecular formula is C23H20N4O. The molecule has 5 nitrogen and oxygen atoms in total. The summed E-state index contributed by atoms with van der Waals surface area (Å²) in [7, 11) is 0. The summed E-state index contributed by atoms with van der Waals surface area (Å²) < 4.78 is 10.5. The molecule has 0 aliphatic rings. The minimum atomic E-state index is 0.781. The van der Waals surface area contributed by atoms with Gasteiger partial charge in [0.15, 0.2) is 5.76 Å². The summed E-state index contributed by atoms with van der Waals surface area (Å²) in [5.74, 6) is 1.84. The van der Waals surface area contributed by atoms with E-state index in [-0.39, 0.29) is 0 Å². The Morgan fingerprint density at radius 2 is 1.68 bits per heavy atom. The lowest BCUT2D eigenvalue weighted by atomic mass is 10.1. The van der Waals surface area contributed by atoms with Gasteiger partial charge in [0.1, 0.15) is 17.1 Å². The molecule has 2 aromatic carbocycles. The zero-order valence-electron chi connectivity index (χ0n) is 15.6. The third kappa shape index (κ3) is 2.91. The summed E-state index contributed by atoms with van der Waals surface area (Å²) in [6.07, 6.45) is 5.74. The van der Waals surface area contributed by atoms with Crippen LogP contribution < -0.4 is 0 Å². The van der Waals surface area contributed by atoms with E-state index >= 15 is 0 Å². The van der Waals surface area contributed by atoms with E-state index < -0.39 is 0 Å². The summed E-state index contributed by atoms with van der Waals surface area (Å²) in [6.45, 7) is 3.62. The fraction of sp³-hybridized carbons (Fsp3) is 0.130. The van der Waals surface area contributed by atoms with E-state index in [2.05, 4.69) is 38.4 Å². The van der Waals surface area contributed by atoms with Gasteiger partial charge in [-0.1, -0.05) is 48.5 Å². The zero-order valence-corrected chi connectivity index (χ0v) is 15.6. The van der Waals surface area contributed by atoms with Crippen molar-refractivity contribution >= 4 is 11.0 Å². The first-order chi connectivity index (χ1) is 13.8.